The number of rotatable bonds is 1. The third-order valence-corrected chi connectivity index (χ3v) is 3.99. The van der Waals surface area contributed by atoms with Gasteiger partial charge < -0.3 is 19.3 Å². The zero-order valence-electron chi connectivity index (χ0n) is 11.8. The molecule has 0 aromatic heterocycles. The molecule has 21 heavy (non-hydrogen) atoms. The van der Waals surface area contributed by atoms with Gasteiger partial charge in [0.15, 0.2) is 17.7 Å². The van der Waals surface area contributed by atoms with Crippen LogP contribution in [0.15, 0.2) is 24.3 Å². The number of ketones is 1. The molecular weight excluding hydrogens is 276 g/mol. The molecule has 6 nitrogen and oxygen atoms in total. The number of ether oxygens (including phenoxy) is 3. The predicted octanol–water partition coefficient (Wildman–Crippen LogP) is 0.987. The topological polar surface area (TPSA) is 82.1 Å². The summed E-state index contributed by atoms with van der Waals surface area (Å²) in [4.78, 5) is 23.1. The van der Waals surface area contributed by atoms with Gasteiger partial charge in [0.1, 0.15) is 5.60 Å². The minimum Gasteiger partial charge on any atom is -0.432 e. The summed E-state index contributed by atoms with van der Waals surface area (Å²) in [5.74, 6) is -2.19. The number of Topliss-reactive ketones (excluding diaryl/α,β-unsaturated/α-hetero) is 1. The van der Waals surface area contributed by atoms with Gasteiger partial charge in [-0.2, -0.15) is 0 Å². The van der Waals surface area contributed by atoms with Gasteiger partial charge in [0.05, 0.1) is 6.42 Å². The first-order valence-electron chi connectivity index (χ1n) is 7.05. The van der Waals surface area contributed by atoms with E-state index in [9.17, 15) is 14.7 Å². The van der Waals surface area contributed by atoms with E-state index in [4.69, 9.17) is 14.2 Å². The first kappa shape index (κ1) is 14.4. The molecule has 2 saturated heterocycles. The van der Waals surface area contributed by atoms with Crippen molar-refractivity contribution in [2.24, 2.45) is 0 Å². The van der Waals surface area contributed by atoms with Crippen LogP contribution in [0.5, 0.6) is 0 Å². The molecule has 0 aromatic carbocycles. The molecule has 114 valence electrons. The summed E-state index contributed by atoms with van der Waals surface area (Å²) in [6.45, 7) is 1.20. The molecule has 1 aliphatic carbocycles. The quantitative estimate of drug-likeness (QED) is 0.573. The Balaban J connectivity index is 1.80. The molecule has 0 bridgehead atoms. The van der Waals surface area contributed by atoms with Crippen LogP contribution in [0.1, 0.15) is 32.6 Å². The van der Waals surface area contributed by atoms with Crippen LogP contribution >= 0.6 is 0 Å². The van der Waals surface area contributed by atoms with Crippen molar-refractivity contribution in [3.05, 3.63) is 24.3 Å². The van der Waals surface area contributed by atoms with Crippen molar-refractivity contribution in [3.8, 4) is 0 Å². The van der Waals surface area contributed by atoms with Gasteiger partial charge in [0.25, 0.3) is 0 Å². The van der Waals surface area contributed by atoms with Crippen molar-refractivity contribution in [3.63, 3.8) is 0 Å². The monoisotopic (exact) mass is 294 g/mol. The van der Waals surface area contributed by atoms with Gasteiger partial charge in [-0.05, 0) is 12.8 Å². The Morgan fingerprint density at radius 3 is 2.76 bits per heavy atom. The van der Waals surface area contributed by atoms with E-state index in [-0.39, 0.29) is 6.42 Å². The van der Waals surface area contributed by atoms with Crippen LogP contribution in [0.2, 0.25) is 0 Å². The van der Waals surface area contributed by atoms with Crippen LogP contribution in [-0.2, 0) is 23.8 Å². The fourth-order valence-corrected chi connectivity index (χ4v) is 3.04. The molecule has 0 aromatic rings. The standard InChI is InChI=1S/C15H18O6/c1-10(16)19-13-12(18)11(17)9-15(20-13)8-7-14(21-15)5-3-2-4-6-14/h3-6,12-13,18H,2,7-9H2,1H3/t12?,13-,15-/m0/s1. The number of aliphatic hydroxyl groups is 1. The fourth-order valence-electron chi connectivity index (χ4n) is 3.04. The average Bonchev–Trinajstić information content (AvgIpc) is 2.74. The van der Waals surface area contributed by atoms with Gasteiger partial charge in [-0.25, -0.2) is 0 Å². The lowest BCUT2D eigenvalue weighted by Gasteiger charge is -2.40. The molecule has 3 atom stereocenters. The highest BCUT2D eigenvalue weighted by Gasteiger charge is 2.55. The number of hydrogen-bond acceptors (Lipinski definition) is 6. The zero-order valence-corrected chi connectivity index (χ0v) is 11.8. The number of esters is 1. The minimum atomic E-state index is -1.46. The normalized spacial score (nSPS) is 37.3. The van der Waals surface area contributed by atoms with Crippen LogP contribution in [-0.4, -0.2) is 40.6 Å². The molecule has 0 amide bonds. The molecule has 2 aliphatic heterocycles. The van der Waals surface area contributed by atoms with Crippen molar-refractivity contribution in [2.75, 3.05) is 0 Å². The van der Waals surface area contributed by atoms with E-state index in [1.807, 2.05) is 24.3 Å². The number of hydrogen-bond donors (Lipinski definition) is 1. The lowest BCUT2D eigenvalue weighted by molar-refractivity contribution is -0.326. The molecule has 6 heteroatoms. The van der Waals surface area contributed by atoms with E-state index >= 15 is 0 Å². The smallest absolute Gasteiger partial charge is 0.305 e. The lowest BCUT2D eigenvalue weighted by atomic mass is 9.93. The molecule has 2 fully saturated rings. The minimum absolute atomic E-state index is 0.0463. The van der Waals surface area contributed by atoms with Crippen LogP contribution in [0.3, 0.4) is 0 Å². The summed E-state index contributed by atoms with van der Waals surface area (Å²) >= 11 is 0. The molecule has 3 aliphatic rings. The van der Waals surface area contributed by atoms with Crippen LogP contribution in [0.25, 0.3) is 0 Å². The van der Waals surface area contributed by atoms with Crippen molar-refractivity contribution in [2.45, 2.75) is 56.4 Å². The van der Waals surface area contributed by atoms with Gasteiger partial charge >= 0.3 is 5.97 Å². The van der Waals surface area contributed by atoms with E-state index in [1.54, 1.807) is 0 Å². The predicted molar refractivity (Wildman–Crippen MR) is 70.9 cm³/mol. The number of aliphatic hydroxyl groups excluding tert-OH is 1. The zero-order chi connectivity index (χ0) is 15.1. The van der Waals surface area contributed by atoms with E-state index in [0.717, 1.165) is 6.42 Å². The Morgan fingerprint density at radius 2 is 2.10 bits per heavy atom. The molecule has 0 radical (unpaired) electrons. The summed E-state index contributed by atoms with van der Waals surface area (Å²) in [7, 11) is 0. The van der Waals surface area contributed by atoms with E-state index in [0.29, 0.717) is 12.8 Å². The van der Waals surface area contributed by atoms with Crippen LogP contribution < -0.4 is 0 Å². The van der Waals surface area contributed by atoms with E-state index in [1.165, 1.54) is 6.92 Å². The van der Waals surface area contributed by atoms with Gasteiger partial charge in [0.2, 0.25) is 6.29 Å². The Kier molecular flexibility index (Phi) is 3.47. The van der Waals surface area contributed by atoms with Crippen molar-refractivity contribution >= 4 is 11.8 Å². The number of carbonyl (C=O) groups is 2. The van der Waals surface area contributed by atoms with Crippen LogP contribution in [0, 0.1) is 0 Å². The Hall–Kier alpha value is -1.50. The van der Waals surface area contributed by atoms with Gasteiger partial charge in [0, 0.05) is 13.3 Å². The second-order valence-corrected chi connectivity index (χ2v) is 5.69. The summed E-state index contributed by atoms with van der Waals surface area (Å²) < 4.78 is 16.6. The maximum Gasteiger partial charge on any atom is 0.305 e. The first-order valence-corrected chi connectivity index (χ1v) is 7.05. The molecule has 1 N–H and O–H groups in total. The number of allylic oxidation sites excluding steroid dienone is 2. The number of carbonyl (C=O) groups excluding carboxylic acids is 2. The van der Waals surface area contributed by atoms with Crippen LogP contribution in [0.4, 0.5) is 0 Å². The van der Waals surface area contributed by atoms with Gasteiger partial charge in [-0.1, -0.05) is 24.3 Å². The SMILES string of the molecule is CC(=O)O[C@H]1O[C@]2(CCC3(C=CCC=C3)O2)CC(=O)C1O. The highest BCUT2D eigenvalue weighted by Crippen LogP contribution is 2.46. The average molecular weight is 294 g/mol. The van der Waals surface area contributed by atoms with Crippen molar-refractivity contribution in [1.82, 2.24) is 0 Å². The maximum atomic E-state index is 12.0. The fraction of sp³-hybridized carbons (Fsp3) is 0.600. The van der Waals surface area contributed by atoms with Gasteiger partial charge in [-0.15, -0.1) is 0 Å². The Bertz CT molecular complexity index is 510. The second-order valence-electron chi connectivity index (χ2n) is 5.69. The molecular formula is C15H18O6. The van der Waals surface area contributed by atoms with Crippen molar-refractivity contribution < 1.29 is 28.9 Å². The third kappa shape index (κ3) is 2.66. The Labute approximate surface area is 122 Å². The summed E-state index contributed by atoms with van der Waals surface area (Å²) in [6, 6.07) is 0. The molecule has 2 heterocycles. The third-order valence-electron chi connectivity index (χ3n) is 3.99. The Morgan fingerprint density at radius 1 is 1.38 bits per heavy atom. The first-order chi connectivity index (χ1) is 9.94. The highest BCUT2D eigenvalue weighted by atomic mass is 16.8. The summed E-state index contributed by atoms with van der Waals surface area (Å²) in [5.41, 5.74) is -0.568. The second kappa shape index (κ2) is 5.05. The van der Waals surface area contributed by atoms with Gasteiger partial charge in [-0.3, -0.25) is 9.59 Å². The molecule has 0 saturated carbocycles. The largest absolute Gasteiger partial charge is 0.432 e. The molecule has 2 spiro atoms. The summed E-state index contributed by atoms with van der Waals surface area (Å²) in [6.07, 6.45) is 7.14. The van der Waals surface area contributed by atoms with Crippen molar-refractivity contribution in [1.29, 1.82) is 0 Å². The summed E-state index contributed by atoms with van der Waals surface area (Å²) in [5, 5.41) is 9.80. The van der Waals surface area contributed by atoms with E-state index in [2.05, 4.69) is 0 Å². The molecule has 3 rings (SSSR count). The highest BCUT2D eigenvalue weighted by molar-refractivity contribution is 5.85. The maximum absolute atomic E-state index is 12.0. The lowest BCUT2D eigenvalue weighted by Crippen LogP contribution is -2.54. The molecule has 1 unspecified atom stereocenters. The van der Waals surface area contributed by atoms with E-state index < -0.39 is 35.5 Å².